The molecule has 1 aliphatic heterocycles. The molecule has 10 heteroatoms. The van der Waals surface area contributed by atoms with Crippen LogP contribution in [0.4, 0.5) is 11.8 Å². The number of fused-ring (bicyclic) bond motifs is 1. The van der Waals surface area contributed by atoms with Crippen LogP contribution in [0.3, 0.4) is 0 Å². The van der Waals surface area contributed by atoms with Gasteiger partial charge in [0.15, 0.2) is 5.82 Å². The van der Waals surface area contributed by atoms with Crippen molar-refractivity contribution in [3.8, 4) is 11.5 Å². The molecule has 0 saturated carbocycles. The zero-order valence-electron chi connectivity index (χ0n) is 18.7. The number of nitrogens with zero attached hydrogens (tertiary/aromatic N) is 4. The zero-order chi connectivity index (χ0) is 23.4. The monoisotopic (exact) mass is 450 g/mol. The Morgan fingerprint density at radius 2 is 2.09 bits per heavy atom. The Bertz CT molecular complexity index is 1170. The molecule has 4 rings (SSSR count). The number of benzene rings is 1. The second kappa shape index (κ2) is 9.70. The normalized spacial score (nSPS) is 15.0. The van der Waals surface area contributed by atoms with Gasteiger partial charge in [-0.3, -0.25) is 4.79 Å². The summed E-state index contributed by atoms with van der Waals surface area (Å²) in [5.74, 6) is 2.38. The molecule has 0 bridgehead atoms. The number of aryl methyl sites for hydroxylation is 1. The van der Waals surface area contributed by atoms with Gasteiger partial charge in [0.05, 0.1) is 19.8 Å². The SMILES string of the molecule is COc1ccc(OC)c(C2C(C(=O)Nc3ccccn3)=C(C)Nc3nc(CCCO)nn32)c1. The van der Waals surface area contributed by atoms with E-state index in [1.807, 2.05) is 13.0 Å². The largest absolute Gasteiger partial charge is 0.497 e. The third-order valence-electron chi connectivity index (χ3n) is 5.34. The summed E-state index contributed by atoms with van der Waals surface area (Å²) in [6.07, 6.45) is 2.66. The molecule has 3 heterocycles. The van der Waals surface area contributed by atoms with Gasteiger partial charge in [0.25, 0.3) is 5.91 Å². The van der Waals surface area contributed by atoms with Gasteiger partial charge < -0.3 is 25.2 Å². The fraction of sp³-hybridized carbons (Fsp3) is 0.304. The highest BCUT2D eigenvalue weighted by Crippen LogP contribution is 2.41. The van der Waals surface area contributed by atoms with Crippen molar-refractivity contribution in [1.82, 2.24) is 19.7 Å². The number of anilines is 2. The van der Waals surface area contributed by atoms with E-state index in [0.29, 0.717) is 58.8 Å². The Morgan fingerprint density at radius 3 is 2.79 bits per heavy atom. The van der Waals surface area contributed by atoms with Crippen LogP contribution in [0, 0.1) is 0 Å². The van der Waals surface area contributed by atoms with E-state index in [1.165, 1.54) is 0 Å². The van der Waals surface area contributed by atoms with Crippen molar-refractivity contribution in [2.24, 2.45) is 0 Å². The highest BCUT2D eigenvalue weighted by atomic mass is 16.5. The van der Waals surface area contributed by atoms with Gasteiger partial charge in [-0.05, 0) is 43.7 Å². The van der Waals surface area contributed by atoms with Gasteiger partial charge in [-0.1, -0.05) is 6.07 Å². The number of aliphatic hydroxyl groups is 1. The van der Waals surface area contributed by atoms with Gasteiger partial charge in [-0.25, -0.2) is 9.67 Å². The van der Waals surface area contributed by atoms with Crippen LogP contribution < -0.4 is 20.1 Å². The molecule has 0 spiro atoms. The average molecular weight is 450 g/mol. The first-order valence-electron chi connectivity index (χ1n) is 10.5. The van der Waals surface area contributed by atoms with Gasteiger partial charge in [0.1, 0.15) is 23.4 Å². The van der Waals surface area contributed by atoms with Crippen LogP contribution in [0.1, 0.15) is 30.8 Å². The highest BCUT2D eigenvalue weighted by Gasteiger charge is 2.36. The molecule has 3 aromatic rings. The van der Waals surface area contributed by atoms with Crippen LogP contribution in [0.5, 0.6) is 11.5 Å². The number of hydrogen-bond acceptors (Lipinski definition) is 8. The van der Waals surface area contributed by atoms with Crippen molar-refractivity contribution in [3.63, 3.8) is 0 Å². The molecular weight excluding hydrogens is 424 g/mol. The molecule has 1 atom stereocenters. The number of amides is 1. The van der Waals surface area contributed by atoms with E-state index < -0.39 is 6.04 Å². The van der Waals surface area contributed by atoms with Gasteiger partial charge in [0.2, 0.25) is 5.95 Å². The van der Waals surface area contributed by atoms with E-state index in [0.717, 1.165) is 0 Å². The maximum absolute atomic E-state index is 13.5. The van der Waals surface area contributed by atoms with Crippen molar-refractivity contribution < 1.29 is 19.4 Å². The first-order valence-corrected chi connectivity index (χ1v) is 10.5. The summed E-state index contributed by atoms with van der Waals surface area (Å²) >= 11 is 0. The number of carbonyl (C=O) groups excluding carboxylic acids is 1. The Balaban J connectivity index is 1.84. The molecule has 0 aliphatic carbocycles. The number of nitrogens with one attached hydrogen (secondary N) is 2. The van der Waals surface area contributed by atoms with Crippen LogP contribution in [0.25, 0.3) is 0 Å². The summed E-state index contributed by atoms with van der Waals surface area (Å²) in [5, 5.41) is 19.9. The number of methoxy groups -OCH3 is 2. The van der Waals surface area contributed by atoms with E-state index >= 15 is 0 Å². The minimum Gasteiger partial charge on any atom is -0.497 e. The molecule has 1 aliphatic rings. The number of pyridine rings is 1. The third kappa shape index (κ3) is 4.51. The zero-order valence-corrected chi connectivity index (χ0v) is 18.7. The number of allylic oxidation sites excluding steroid dienone is 1. The van der Waals surface area contributed by atoms with Crippen molar-refractivity contribution in [3.05, 3.63) is 65.3 Å². The Hall–Kier alpha value is -3.92. The molecule has 0 fully saturated rings. The molecule has 2 aromatic heterocycles. The quantitative estimate of drug-likeness (QED) is 0.478. The summed E-state index contributed by atoms with van der Waals surface area (Å²) in [7, 11) is 3.16. The number of aliphatic hydroxyl groups excluding tert-OH is 1. The molecule has 1 aromatic carbocycles. The summed E-state index contributed by atoms with van der Waals surface area (Å²) in [6, 6.07) is 10.1. The lowest BCUT2D eigenvalue weighted by Crippen LogP contribution is -2.32. The molecule has 0 saturated heterocycles. The first-order chi connectivity index (χ1) is 16.0. The van der Waals surface area contributed by atoms with Crippen LogP contribution in [-0.4, -0.2) is 51.6 Å². The van der Waals surface area contributed by atoms with Crippen molar-refractivity contribution >= 4 is 17.7 Å². The molecule has 1 amide bonds. The fourth-order valence-corrected chi connectivity index (χ4v) is 3.79. The number of hydrogen-bond donors (Lipinski definition) is 3. The molecule has 172 valence electrons. The maximum atomic E-state index is 13.5. The van der Waals surface area contributed by atoms with Crippen molar-refractivity contribution in [1.29, 1.82) is 0 Å². The predicted molar refractivity (Wildman–Crippen MR) is 122 cm³/mol. The molecule has 3 N–H and O–H groups in total. The second-order valence-corrected chi connectivity index (χ2v) is 7.47. The van der Waals surface area contributed by atoms with E-state index in [-0.39, 0.29) is 12.5 Å². The van der Waals surface area contributed by atoms with Crippen molar-refractivity contribution in [2.75, 3.05) is 31.5 Å². The standard InChI is InChI=1S/C23H26N6O4/c1-14-20(22(31)26-18-7-4-5-11-24-18)21(16-13-15(32-2)9-10-17(16)33-3)29-23(25-14)27-19(28-29)8-6-12-30/h4-5,7,9-11,13,21,30H,6,8,12H2,1-3H3,(H,24,26,31)(H,25,27,28). The Morgan fingerprint density at radius 1 is 1.24 bits per heavy atom. The molecule has 0 radical (unpaired) electrons. The van der Waals surface area contributed by atoms with Gasteiger partial charge in [-0.15, -0.1) is 0 Å². The number of rotatable bonds is 8. The lowest BCUT2D eigenvalue weighted by Gasteiger charge is -2.29. The van der Waals surface area contributed by atoms with E-state index in [9.17, 15) is 9.90 Å². The van der Waals surface area contributed by atoms with Gasteiger partial charge in [0, 0.05) is 30.5 Å². The van der Waals surface area contributed by atoms with Crippen molar-refractivity contribution in [2.45, 2.75) is 25.8 Å². The summed E-state index contributed by atoms with van der Waals surface area (Å²) in [6.45, 7) is 1.86. The van der Waals surface area contributed by atoms with Crippen LogP contribution in [0.2, 0.25) is 0 Å². The first kappa shape index (κ1) is 22.3. The van der Waals surface area contributed by atoms with Gasteiger partial charge in [-0.2, -0.15) is 10.1 Å². The summed E-state index contributed by atoms with van der Waals surface area (Å²) in [5.41, 5.74) is 1.77. The minimum atomic E-state index is -0.634. The maximum Gasteiger partial charge on any atom is 0.257 e. The van der Waals surface area contributed by atoms with Gasteiger partial charge >= 0.3 is 0 Å². The molecule has 1 unspecified atom stereocenters. The number of aromatic nitrogens is 4. The smallest absolute Gasteiger partial charge is 0.257 e. The Labute approximate surface area is 191 Å². The van der Waals surface area contributed by atoms with Crippen LogP contribution in [0.15, 0.2) is 53.9 Å². The lowest BCUT2D eigenvalue weighted by molar-refractivity contribution is -0.113. The Kier molecular flexibility index (Phi) is 6.55. The van der Waals surface area contributed by atoms with E-state index in [1.54, 1.807) is 55.4 Å². The molecule has 10 nitrogen and oxygen atoms in total. The van der Waals surface area contributed by atoms with E-state index in [2.05, 4.69) is 25.7 Å². The molecule has 33 heavy (non-hydrogen) atoms. The number of carbonyl (C=O) groups is 1. The topological polar surface area (TPSA) is 123 Å². The van der Waals surface area contributed by atoms with E-state index in [4.69, 9.17) is 9.47 Å². The predicted octanol–water partition coefficient (Wildman–Crippen LogP) is 2.54. The second-order valence-electron chi connectivity index (χ2n) is 7.47. The minimum absolute atomic E-state index is 0.0411. The number of ether oxygens (including phenoxy) is 2. The summed E-state index contributed by atoms with van der Waals surface area (Å²) in [4.78, 5) is 22.3. The van der Waals surface area contributed by atoms with Crippen LogP contribution >= 0.6 is 0 Å². The third-order valence-corrected chi connectivity index (χ3v) is 5.34. The van der Waals surface area contributed by atoms with Crippen LogP contribution in [-0.2, 0) is 11.2 Å². The summed E-state index contributed by atoms with van der Waals surface area (Å²) < 4.78 is 12.7. The average Bonchev–Trinajstić information content (AvgIpc) is 3.24. The molecular formula is C23H26N6O4. The highest BCUT2D eigenvalue weighted by molar-refractivity contribution is 6.05. The lowest BCUT2D eigenvalue weighted by atomic mass is 9.94. The fourth-order valence-electron chi connectivity index (χ4n) is 3.79.